The minimum absolute atomic E-state index is 0.00356. The van der Waals surface area contributed by atoms with E-state index < -0.39 is 0 Å². The molecule has 0 amide bonds. The Kier molecular flexibility index (Phi) is 6.04. The van der Waals surface area contributed by atoms with Crippen molar-refractivity contribution in [2.24, 2.45) is 5.92 Å². The summed E-state index contributed by atoms with van der Waals surface area (Å²) in [4.78, 5) is 19.5. The van der Waals surface area contributed by atoms with Crippen molar-refractivity contribution in [1.29, 1.82) is 10.5 Å². The minimum atomic E-state index is -0.213. The molecule has 0 unspecified atom stereocenters. The lowest BCUT2D eigenvalue weighted by Gasteiger charge is -2.16. The van der Waals surface area contributed by atoms with Crippen LogP contribution < -0.4 is 5.56 Å². The molecule has 5 nitrogen and oxygen atoms in total. The fourth-order valence-corrected chi connectivity index (χ4v) is 4.70. The highest BCUT2D eigenvalue weighted by Gasteiger charge is 2.19. The maximum absolute atomic E-state index is 12.9. The van der Waals surface area contributed by atoms with Crippen molar-refractivity contribution >= 4 is 33.3 Å². The van der Waals surface area contributed by atoms with E-state index in [4.69, 9.17) is 10.2 Å². The predicted octanol–water partition coefficient (Wildman–Crippen LogP) is 4.19. The van der Waals surface area contributed by atoms with E-state index in [1.165, 1.54) is 23.1 Å². The number of hydrogen-bond donors (Lipinski definition) is 0. The van der Waals surface area contributed by atoms with E-state index in [-0.39, 0.29) is 17.5 Å². The molecular formula is C17H20N4OS2. The summed E-state index contributed by atoms with van der Waals surface area (Å²) in [5.41, 5.74) is 0.993. The van der Waals surface area contributed by atoms with Gasteiger partial charge in [-0.05, 0) is 39.7 Å². The molecule has 1 atom stereocenters. The van der Waals surface area contributed by atoms with Gasteiger partial charge in [0.25, 0.3) is 5.56 Å². The third-order valence-electron chi connectivity index (χ3n) is 3.92. The quantitative estimate of drug-likeness (QED) is 0.570. The van der Waals surface area contributed by atoms with Crippen molar-refractivity contribution in [3.05, 3.63) is 20.8 Å². The normalized spacial score (nSPS) is 12.3. The third-order valence-corrected chi connectivity index (χ3v) is 6.14. The molecule has 0 aromatic carbocycles. The van der Waals surface area contributed by atoms with E-state index in [1.54, 1.807) is 4.57 Å². The van der Waals surface area contributed by atoms with Gasteiger partial charge >= 0.3 is 0 Å². The molecule has 126 valence electrons. The second-order valence-electron chi connectivity index (χ2n) is 5.96. The molecule has 0 fully saturated rings. The molecule has 2 aromatic heterocycles. The molecule has 7 heteroatoms. The maximum Gasteiger partial charge on any atom is 0.263 e. The number of aryl methyl sites for hydroxylation is 2. The first-order valence-electron chi connectivity index (χ1n) is 7.82. The van der Waals surface area contributed by atoms with Crippen LogP contribution in [-0.4, -0.2) is 15.3 Å². The minimum Gasteiger partial charge on any atom is -0.284 e. The van der Waals surface area contributed by atoms with Gasteiger partial charge < -0.3 is 0 Å². The van der Waals surface area contributed by atoms with Crippen LogP contribution >= 0.6 is 23.1 Å². The van der Waals surface area contributed by atoms with E-state index in [0.29, 0.717) is 29.1 Å². The zero-order valence-corrected chi connectivity index (χ0v) is 15.9. The lowest BCUT2D eigenvalue weighted by Crippen LogP contribution is -2.25. The number of aromatic nitrogens is 2. The van der Waals surface area contributed by atoms with Crippen LogP contribution in [0.4, 0.5) is 0 Å². The van der Waals surface area contributed by atoms with Gasteiger partial charge in [-0.25, -0.2) is 4.98 Å². The van der Waals surface area contributed by atoms with Gasteiger partial charge in [0.05, 0.1) is 23.4 Å². The molecule has 0 saturated heterocycles. The smallest absolute Gasteiger partial charge is 0.263 e. The van der Waals surface area contributed by atoms with E-state index in [2.05, 4.69) is 12.1 Å². The van der Waals surface area contributed by atoms with E-state index in [0.717, 1.165) is 15.3 Å². The van der Waals surface area contributed by atoms with Crippen molar-refractivity contribution < 1.29 is 0 Å². The number of fused-ring (bicyclic) bond motifs is 1. The molecule has 24 heavy (non-hydrogen) atoms. The highest BCUT2D eigenvalue weighted by atomic mass is 32.2. The maximum atomic E-state index is 12.9. The lowest BCUT2D eigenvalue weighted by molar-refractivity contribution is 0.518. The topological polar surface area (TPSA) is 82.5 Å². The molecule has 0 aliphatic heterocycles. The van der Waals surface area contributed by atoms with Gasteiger partial charge in [0.1, 0.15) is 4.83 Å². The van der Waals surface area contributed by atoms with Crippen molar-refractivity contribution in [2.45, 2.75) is 51.7 Å². The van der Waals surface area contributed by atoms with Crippen LogP contribution in [0.25, 0.3) is 10.2 Å². The van der Waals surface area contributed by atoms with Crippen LogP contribution in [0.5, 0.6) is 0 Å². The predicted molar refractivity (Wildman–Crippen MR) is 98.4 cm³/mol. The Hall–Kier alpha value is -1.83. The van der Waals surface area contributed by atoms with Crippen molar-refractivity contribution in [3.8, 4) is 12.1 Å². The first-order chi connectivity index (χ1) is 11.4. The fraction of sp³-hybridized carbons (Fsp3) is 0.529. The number of rotatable bonds is 6. The Labute approximate surface area is 149 Å². The van der Waals surface area contributed by atoms with Gasteiger partial charge in [-0.3, -0.25) is 9.36 Å². The fourth-order valence-electron chi connectivity index (χ4n) is 2.44. The van der Waals surface area contributed by atoms with Gasteiger partial charge in [0.15, 0.2) is 5.16 Å². The number of hydrogen-bond acceptors (Lipinski definition) is 6. The summed E-state index contributed by atoms with van der Waals surface area (Å²) < 4.78 is 1.71. The van der Waals surface area contributed by atoms with E-state index in [1.807, 2.05) is 27.7 Å². The molecule has 0 aliphatic carbocycles. The highest BCUT2D eigenvalue weighted by Crippen LogP contribution is 2.30. The van der Waals surface area contributed by atoms with Gasteiger partial charge in [-0.15, -0.1) is 11.3 Å². The monoisotopic (exact) mass is 360 g/mol. The molecule has 0 radical (unpaired) electrons. The summed E-state index contributed by atoms with van der Waals surface area (Å²) in [6.45, 7) is 7.89. The Bertz CT molecular complexity index is 883. The highest BCUT2D eigenvalue weighted by molar-refractivity contribution is 7.99. The van der Waals surface area contributed by atoms with Crippen molar-refractivity contribution in [1.82, 2.24) is 9.55 Å². The summed E-state index contributed by atoms with van der Waals surface area (Å²) in [6.07, 6.45) is 0.914. The second-order valence-corrected chi connectivity index (χ2v) is 8.15. The van der Waals surface area contributed by atoms with Crippen LogP contribution in [0, 0.1) is 42.4 Å². The van der Waals surface area contributed by atoms with Gasteiger partial charge in [0, 0.05) is 23.1 Å². The number of nitrogens with zero attached hydrogens (tertiary/aromatic N) is 4. The van der Waals surface area contributed by atoms with Crippen molar-refractivity contribution in [2.75, 3.05) is 5.75 Å². The van der Waals surface area contributed by atoms with Crippen LogP contribution in [0.2, 0.25) is 0 Å². The van der Waals surface area contributed by atoms with Crippen LogP contribution in [0.1, 0.15) is 43.2 Å². The molecule has 0 bridgehead atoms. The number of nitriles is 2. The second kappa shape index (κ2) is 7.83. The van der Waals surface area contributed by atoms with E-state index in [9.17, 15) is 10.1 Å². The van der Waals surface area contributed by atoms with E-state index >= 15 is 0 Å². The zero-order valence-electron chi connectivity index (χ0n) is 14.3. The van der Waals surface area contributed by atoms with Crippen LogP contribution in [0.3, 0.4) is 0 Å². The Balaban J connectivity index is 2.43. The first kappa shape index (κ1) is 18.5. The summed E-state index contributed by atoms with van der Waals surface area (Å²) in [5, 5.41) is 19.2. The molecule has 2 rings (SSSR count). The molecule has 0 N–H and O–H groups in total. The van der Waals surface area contributed by atoms with Crippen LogP contribution in [-0.2, 0) is 0 Å². The van der Waals surface area contributed by atoms with Gasteiger partial charge in [-0.1, -0.05) is 11.8 Å². The third kappa shape index (κ3) is 3.63. The summed E-state index contributed by atoms with van der Waals surface area (Å²) in [7, 11) is 0. The molecule has 2 aromatic rings. The molecule has 0 spiro atoms. The Morgan fingerprint density at radius 1 is 1.33 bits per heavy atom. The average molecular weight is 361 g/mol. The van der Waals surface area contributed by atoms with Crippen LogP contribution in [0.15, 0.2) is 9.95 Å². The summed E-state index contributed by atoms with van der Waals surface area (Å²) in [5.74, 6) is 0.321. The number of thiophene rings is 1. The lowest BCUT2D eigenvalue weighted by atomic mass is 10.1. The number of thioether (sulfide) groups is 1. The molecule has 2 heterocycles. The molecule has 0 aliphatic rings. The summed E-state index contributed by atoms with van der Waals surface area (Å²) >= 11 is 2.96. The summed E-state index contributed by atoms with van der Waals surface area (Å²) in [6, 6.07) is 4.31. The Morgan fingerprint density at radius 3 is 2.62 bits per heavy atom. The van der Waals surface area contributed by atoms with Gasteiger partial charge in [0.2, 0.25) is 0 Å². The zero-order chi connectivity index (χ0) is 17.9. The van der Waals surface area contributed by atoms with Crippen molar-refractivity contribution in [3.63, 3.8) is 0 Å². The SMILES string of the molecule is Cc1sc2nc(SC[C@@H](C#N)CCC#N)n(C(C)C)c(=O)c2c1C. The first-order valence-corrected chi connectivity index (χ1v) is 9.62. The van der Waals surface area contributed by atoms with Gasteiger partial charge in [-0.2, -0.15) is 10.5 Å². The molecule has 0 saturated carbocycles. The molecular weight excluding hydrogens is 340 g/mol. The largest absolute Gasteiger partial charge is 0.284 e. The Morgan fingerprint density at radius 2 is 2.04 bits per heavy atom. The average Bonchev–Trinajstić information content (AvgIpc) is 2.82. The standard InChI is InChI=1S/C17H20N4OS2/c1-10(2)21-16(22)14-11(3)12(4)24-15(14)20-17(21)23-9-13(8-19)6-5-7-18/h10,13H,5-6,9H2,1-4H3/t13-/m1/s1.